The molecule has 0 saturated carbocycles. The molecule has 1 aromatic carbocycles. The fraction of sp³-hybridized carbons (Fsp3) is 0.500. The zero-order chi connectivity index (χ0) is 19.3. The van der Waals surface area contributed by atoms with Crippen molar-refractivity contribution in [3.05, 3.63) is 35.9 Å². The van der Waals surface area contributed by atoms with Gasteiger partial charge in [-0.1, -0.05) is 50.0 Å². The van der Waals surface area contributed by atoms with Crippen molar-refractivity contribution in [1.29, 1.82) is 0 Å². The van der Waals surface area contributed by atoms with Crippen LogP contribution in [0.2, 0.25) is 25.7 Å². The summed E-state index contributed by atoms with van der Waals surface area (Å²) >= 11 is 0. The van der Waals surface area contributed by atoms with E-state index in [9.17, 15) is 22.8 Å². The SMILES string of the molecule is COC(=O)[C@](NC(=O)OCC[Si](C)(C)C)(c1ccccc1)C(F)(F)F. The molecule has 0 spiro atoms. The van der Waals surface area contributed by atoms with Crippen molar-refractivity contribution in [3.8, 4) is 0 Å². The highest BCUT2D eigenvalue weighted by molar-refractivity contribution is 6.76. The summed E-state index contributed by atoms with van der Waals surface area (Å²) in [7, 11) is -0.707. The first-order chi connectivity index (χ1) is 11.4. The summed E-state index contributed by atoms with van der Waals surface area (Å²) in [6.07, 6.45) is -6.45. The van der Waals surface area contributed by atoms with Gasteiger partial charge in [0.05, 0.1) is 13.7 Å². The molecule has 9 heteroatoms. The van der Waals surface area contributed by atoms with Crippen LogP contribution in [0.25, 0.3) is 0 Å². The van der Waals surface area contributed by atoms with E-state index in [1.807, 2.05) is 19.6 Å². The lowest BCUT2D eigenvalue weighted by Gasteiger charge is -2.33. The Morgan fingerprint density at radius 1 is 1.12 bits per heavy atom. The van der Waals surface area contributed by atoms with Crippen molar-refractivity contribution in [2.45, 2.75) is 37.4 Å². The van der Waals surface area contributed by atoms with Crippen LogP contribution in [0, 0.1) is 0 Å². The lowest BCUT2D eigenvalue weighted by atomic mass is 9.89. The van der Waals surface area contributed by atoms with Crippen molar-refractivity contribution >= 4 is 20.1 Å². The average molecular weight is 377 g/mol. The van der Waals surface area contributed by atoms with E-state index in [0.29, 0.717) is 6.04 Å². The first-order valence-electron chi connectivity index (χ1n) is 7.59. The van der Waals surface area contributed by atoms with Crippen LogP contribution in [0.3, 0.4) is 0 Å². The second-order valence-electron chi connectivity index (χ2n) is 6.68. The largest absolute Gasteiger partial charge is 0.467 e. The third-order valence-electron chi connectivity index (χ3n) is 3.50. The molecule has 0 radical (unpaired) electrons. The van der Waals surface area contributed by atoms with Crippen LogP contribution in [-0.4, -0.2) is 40.0 Å². The molecule has 5 nitrogen and oxygen atoms in total. The Morgan fingerprint density at radius 3 is 2.12 bits per heavy atom. The maximum atomic E-state index is 13.8. The molecule has 25 heavy (non-hydrogen) atoms. The van der Waals surface area contributed by atoms with Gasteiger partial charge in [0.25, 0.3) is 5.54 Å². The lowest BCUT2D eigenvalue weighted by Crippen LogP contribution is -2.61. The molecule has 140 valence electrons. The van der Waals surface area contributed by atoms with Crippen LogP contribution in [-0.2, 0) is 19.8 Å². The van der Waals surface area contributed by atoms with Crippen LogP contribution in [0.1, 0.15) is 5.56 Å². The minimum absolute atomic E-state index is 0.0224. The standard InChI is InChI=1S/C16H22F3NO4Si/c1-23-13(21)15(16(17,18)19,12-8-6-5-7-9-12)20-14(22)24-10-11-25(2,3)4/h5-9H,10-11H2,1-4H3,(H,20,22)/t15-/m1/s1. The van der Waals surface area contributed by atoms with Gasteiger partial charge in [-0.25, -0.2) is 9.59 Å². The van der Waals surface area contributed by atoms with Gasteiger partial charge in [-0.2, -0.15) is 13.2 Å². The summed E-state index contributed by atoms with van der Waals surface area (Å²) in [6, 6.07) is 6.92. The highest BCUT2D eigenvalue weighted by atomic mass is 28.3. The number of rotatable bonds is 6. The van der Waals surface area contributed by atoms with Crippen molar-refractivity contribution in [1.82, 2.24) is 5.32 Å². The number of esters is 1. The first-order valence-corrected chi connectivity index (χ1v) is 11.3. The number of hydrogen-bond donors (Lipinski definition) is 1. The highest BCUT2D eigenvalue weighted by Crippen LogP contribution is 2.40. The molecule has 0 unspecified atom stereocenters. The third-order valence-corrected chi connectivity index (χ3v) is 5.20. The van der Waals surface area contributed by atoms with Crippen LogP contribution >= 0.6 is 0 Å². The van der Waals surface area contributed by atoms with E-state index in [4.69, 9.17) is 4.74 Å². The van der Waals surface area contributed by atoms with Gasteiger partial charge in [-0.05, 0) is 11.6 Å². The molecule has 1 atom stereocenters. The Hall–Kier alpha value is -2.03. The molecule has 1 aromatic rings. The molecule has 0 fully saturated rings. The quantitative estimate of drug-likeness (QED) is 0.607. The lowest BCUT2D eigenvalue weighted by molar-refractivity contribution is -0.213. The van der Waals surface area contributed by atoms with E-state index in [-0.39, 0.29) is 6.61 Å². The predicted octanol–water partition coefficient (Wildman–Crippen LogP) is 3.68. The maximum Gasteiger partial charge on any atom is 0.426 e. The van der Waals surface area contributed by atoms with Crippen molar-refractivity contribution < 1.29 is 32.2 Å². The molecule has 1 rings (SSSR count). The number of amides is 1. The number of alkyl halides is 3. The zero-order valence-electron chi connectivity index (χ0n) is 14.6. The Kier molecular flexibility index (Phi) is 6.64. The number of carbonyl (C=O) groups excluding carboxylic acids is 2. The maximum absolute atomic E-state index is 13.8. The van der Waals surface area contributed by atoms with E-state index in [2.05, 4.69) is 4.74 Å². The summed E-state index contributed by atoms with van der Waals surface area (Å²) in [5.74, 6) is -1.65. The Morgan fingerprint density at radius 2 is 1.68 bits per heavy atom. The number of nitrogens with one attached hydrogen (secondary N) is 1. The Labute approximate surface area is 145 Å². The number of hydrogen-bond acceptors (Lipinski definition) is 4. The summed E-state index contributed by atoms with van der Waals surface area (Å²) in [5, 5.41) is 1.68. The number of benzene rings is 1. The van der Waals surface area contributed by atoms with Crippen molar-refractivity contribution in [2.75, 3.05) is 13.7 Å². The summed E-state index contributed by atoms with van der Waals surface area (Å²) < 4.78 is 50.6. The van der Waals surface area contributed by atoms with Gasteiger partial charge in [-0.15, -0.1) is 0 Å². The molecule has 0 aliphatic rings. The number of carbonyl (C=O) groups is 2. The van der Waals surface area contributed by atoms with Crippen LogP contribution in [0.15, 0.2) is 30.3 Å². The summed E-state index contributed by atoms with van der Waals surface area (Å²) in [6.45, 7) is 6.08. The number of alkyl carbamates (subject to hydrolysis) is 1. The van der Waals surface area contributed by atoms with Gasteiger partial charge >= 0.3 is 18.2 Å². The molecule has 1 amide bonds. The second-order valence-corrected chi connectivity index (χ2v) is 12.3. The van der Waals surface area contributed by atoms with Crippen LogP contribution in [0.4, 0.5) is 18.0 Å². The fourth-order valence-corrected chi connectivity index (χ4v) is 2.79. The molecule has 1 N–H and O–H groups in total. The normalized spacial score (nSPS) is 14.4. The summed E-state index contributed by atoms with van der Waals surface area (Å²) in [4.78, 5) is 24.0. The van der Waals surface area contributed by atoms with E-state index >= 15 is 0 Å². The van der Waals surface area contributed by atoms with Crippen molar-refractivity contribution in [2.24, 2.45) is 0 Å². The van der Waals surface area contributed by atoms with Gasteiger partial charge in [0.2, 0.25) is 0 Å². The third kappa shape index (κ3) is 5.22. The molecule has 0 saturated heterocycles. The Balaban J connectivity index is 3.15. The van der Waals surface area contributed by atoms with Gasteiger partial charge < -0.3 is 9.47 Å². The number of halogens is 3. The topological polar surface area (TPSA) is 64.6 Å². The minimum Gasteiger partial charge on any atom is -0.467 e. The molecule has 0 aliphatic heterocycles. The summed E-state index contributed by atoms with van der Waals surface area (Å²) in [5.41, 5.74) is -3.80. The van der Waals surface area contributed by atoms with Gasteiger partial charge in [0.1, 0.15) is 0 Å². The minimum atomic E-state index is -5.13. The molecule has 0 bridgehead atoms. The van der Waals surface area contributed by atoms with Gasteiger partial charge in [0.15, 0.2) is 0 Å². The van der Waals surface area contributed by atoms with Gasteiger partial charge in [-0.3, -0.25) is 5.32 Å². The molecular formula is C16H22F3NO4Si. The second kappa shape index (κ2) is 7.90. The van der Waals surface area contributed by atoms with E-state index < -0.39 is 37.4 Å². The molecule has 0 aliphatic carbocycles. The highest BCUT2D eigenvalue weighted by Gasteiger charge is 2.64. The van der Waals surface area contributed by atoms with E-state index in [0.717, 1.165) is 19.2 Å². The molecule has 0 heterocycles. The smallest absolute Gasteiger partial charge is 0.426 e. The number of ether oxygens (including phenoxy) is 2. The zero-order valence-corrected chi connectivity index (χ0v) is 15.6. The van der Waals surface area contributed by atoms with Gasteiger partial charge in [0, 0.05) is 8.07 Å². The monoisotopic (exact) mass is 377 g/mol. The number of methoxy groups -OCH3 is 1. The van der Waals surface area contributed by atoms with E-state index in [1.54, 1.807) is 5.32 Å². The average Bonchev–Trinajstić information content (AvgIpc) is 2.50. The molecule has 0 aromatic heterocycles. The van der Waals surface area contributed by atoms with Crippen molar-refractivity contribution in [3.63, 3.8) is 0 Å². The molecular weight excluding hydrogens is 355 g/mol. The Bertz CT molecular complexity index is 602. The fourth-order valence-electron chi connectivity index (χ4n) is 2.07. The van der Waals surface area contributed by atoms with E-state index in [1.165, 1.54) is 18.2 Å². The predicted molar refractivity (Wildman–Crippen MR) is 88.8 cm³/mol. The van der Waals surface area contributed by atoms with Crippen LogP contribution in [0.5, 0.6) is 0 Å². The first kappa shape index (κ1) is 21.0. The van der Waals surface area contributed by atoms with Crippen LogP contribution < -0.4 is 5.32 Å².